The van der Waals surface area contributed by atoms with Gasteiger partial charge in [-0.2, -0.15) is 0 Å². The fourth-order valence-electron chi connectivity index (χ4n) is 0.0514. The summed E-state index contributed by atoms with van der Waals surface area (Å²) < 4.78 is 0. The van der Waals surface area contributed by atoms with E-state index in [0.29, 0.717) is 0 Å². The van der Waals surface area contributed by atoms with E-state index in [0.717, 1.165) is 6.08 Å². The minimum Gasteiger partial charge on any atom is -0.545 e. The van der Waals surface area contributed by atoms with Gasteiger partial charge in [0.1, 0.15) is 0 Å². The van der Waals surface area contributed by atoms with Crippen LogP contribution in [0.3, 0.4) is 0 Å². The molecular formula is C3H2BrO2-. The fraction of sp³-hybridized carbons (Fsp3) is 0. The lowest BCUT2D eigenvalue weighted by Gasteiger charge is -1.82. The molecule has 0 N–H and O–H groups in total. The minimum absolute atomic E-state index is 0.889. The number of carboxylic acid groups (broad SMARTS) is 1. The van der Waals surface area contributed by atoms with E-state index in [1.54, 1.807) is 0 Å². The molecule has 0 saturated carbocycles. The van der Waals surface area contributed by atoms with E-state index in [9.17, 15) is 9.90 Å². The summed E-state index contributed by atoms with van der Waals surface area (Å²) in [6.45, 7) is 0. The van der Waals surface area contributed by atoms with Crippen LogP contribution < -0.4 is 5.11 Å². The standard InChI is InChI=1S/C3H3BrO2/c4-2-1-3(5)6/h1-2H,(H,5,6)/p-1/b2-1+. The van der Waals surface area contributed by atoms with E-state index in [1.807, 2.05) is 0 Å². The number of aliphatic carboxylic acids is 1. The highest BCUT2D eigenvalue weighted by atomic mass is 79.9. The Hall–Kier alpha value is -0.310. The lowest BCUT2D eigenvalue weighted by molar-refractivity contribution is -0.297. The summed E-state index contributed by atoms with van der Waals surface area (Å²) in [4.78, 5) is 10.6. The van der Waals surface area contributed by atoms with Gasteiger partial charge in [0.05, 0.1) is 5.97 Å². The highest BCUT2D eigenvalue weighted by Gasteiger charge is 1.62. The van der Waals surface area contributed by atoms with Crippen molar-refractivity contribution in [3.63, 3.8) is 0 Å². The Kier molecular flexibility index (Phi) is 2.75. The highest BCUT2D eigenvalue weighted by molar-refractivity contribution is 9.11. The molecule has 0 atom stereocenters. The molecule has 0 radical (unpaired) electrons. The normalized spacial score (nSPS) is 9.50. The van der Waals surface area contributed by atoms with Crippen molar-refractivity contribution >= 4 is 21.9 Å². The van der Waals surface area contributed by atoms with Gasteiger partial charge in [-0.15, -0.1) is 0 Å². The fourth-order valence-corrected chi connectivity index (χ4v) is 0.267. The topological polar surface area (TPSA) is 40.1 Å². The molecule has 0 heterocycles. The van der Waals surface area contributed by atoms with Crippen molar-refractivity contribution in [2.45, 2.75) is 0 Å². The average Bonchev–Trinajstić information content (AvgIpc) is 1.35. The number of rotatable bonds is 1. The number of halogens is 1. The second-order valence-electron chi connectivity index (χ2n) is 0.612. The van der Waals surface area contributed by atoms with Crippen molar-refractivity contribution in [3.8, 4) is 0 Å². The Labute approximate surface area is 43.6 Å². The summed E-state index contributed by atoms with van der Waals surface area (Å²) in [5.41, 5.74) is 0. The molecule has 6 heavy (non-hydrogen) atoms. The van der Waals surface area contributed by atoms with Gasteiger partial charge in [0.15, 0.2) is 0 Å². The molecule has 0 aromatic heterocycles. The van der Waals surface area contributed by atoms with Crippen LogP contribution in [-0.4, -0.2) is 5.97 Å². The molecule has 0 unspecified atom stereocenters. The number of carbonyl (C=O) groups is 1. The van der Waals surface area contributed by atoms with Crippen molar-refractivity contribution in [1.82, 2.24) is 0 Å². The highest BCUT2D eigenvalue weighted by Crippen LogP contribution is 1.77. The molecule has 0 amide bonds. The van der Waals surface area contributed by atoms with Crippen LogP contribution in [0.1, 0.15) is 0 Å². The molecule has 0 aromatic rings. The third kappa shape index (κ3) is 3.69. The summed E-state index contributed by atoms with van der Waals surface area (Å²) in [6, 6.07) is 0. The van der Waals surface area contributed by atoms with Crippen molar-refractivity contribution in [3.05, 3.63) is 11.1 Å². The number of carboxylic acids is 1. The van der Waals surface area contributed by atoms with E-state index in [-0.39, 0.29) is 0 Å². The van der Waals surface area contributed by atoms with Crippen LogP contribution in [0, 0.1) is 0 Å². The monoisotopic (exact) mass is 149 g/mol. The molecule has 0 aromatic carbocycles. The zero-order valence-electron chi connectivity index (χ0n) is 2.85. The molecule has 0 bridgehead atoms. The summed E-state index contributed by atoms with van der Waals surface area (Å²) in [5, 5.41) is 9.37. The Balaban J connectivity index is 3.30. The third-order valence-electron chi connectivity index (χ3n) is 0.199. The maximum Gasteiger partial charge on any atom is 0.0648 e. The van der Waals surface area contributed by atoms with Crippen molar-refractivity contribution in [2.75, 3.05) is 0 Å². The molecule has 0 saturated heterocycles. The maximum absolute atomic E-state index is 9.37. The quantitative estimate of drug-likeness (QED) is 0.479. The largest absolute Gasteiger partial charge is 0.545 e. The minimum atomic E-state index is -1.19. The summed E-state index contributed by atoms with van der Waals surface area (Å²) in [6.07, 6.45) is 0.889. The third-order valence-corrected chi connectivity index (χ3v) is 0.463. The van der Waals surface area contributed by atoms with Gasteiger partial charge in [0.2, 0.25) is 0 Å². The molecule has 0 rings (SSSR count). The van der Waals surface area contributed by atoms with Crippen LogP contribution in [0.5, 0.6) is 0 Å². The zero-order valence-corrected chi connectivity index (χ0v) is 4.44. The van der Waals surface area contributed by atoms with Gasteiger partial charge < -0.3 is 9.90 Å². The lowest BCUT2D eigenvalue weighted by Crippen LogP contribution is -2.18. The van der Waals surface area contributed by atoms with Gasteiger partial charge in [0.25, 0.3) is 0 Å². The van der Waals surface area contributed by atoms with Gasteiger partial charge in [0, 0.05) is 0 Å². The van der Waals surface area contributed by atoms with Crippen LogP contribution in [0.25, 0.3) is 0 Å². The maximum atomic E-state index is 9.37. The van der Waals surface area contributed by atoms with E-state index < -0.39 is 5.97 Å². The van der Waals surface area contributed by atoms with Crippen LogP contribution in [0.4, 0.5) is 0 Å². The summed E-state index contributed by atoms with van der Waals surface area (Å²) in [5.74, 6) is -1.19. The first kappa shape index (κ1) is 5.69. The molecule has 0 aliphatic rings. The second kappa shape index (κ2) is 2.90. The number of hydrogen-bond acceptors (Lipinski definition) is 2. The molecule has 2 nitrogen and oxygen atoms in total. The molecular weight excluding hydrogens is 148 g/mol. The first-order chi connectivity index (χ1) is 2.77. The smallest absolute Gasteiger partial charge is 0.0648 e. The molecule has 0 aliphatic heterocycles. The van der Waals surface area contributed by atoms with E-state index in [2.05, 4.69) is 15.9 Å². The number of carbonyl (C=O) groups excluding carboxylic acids is 1. The van der Waals surface area contributed by atoms with E-state index in [1.165, 1.54) is 4.99 Å². The van der Waals surface area contributed by atoms with Crippen molar-refractivity contribution in [1.29, 1.82) is 0 Å². The van der Waals surface area contributed by atoms with Crippen molar-refractivity contribution in [2.24, 2.45) is 0 Å². The van der Waals surface area contributed by atoms with Gasteiger partial charge in [-0.25, -0.2) is 0 Å². The molecule has 3 heteroatoms. The second-order valence-corrected chi connectivity index (χ2v) is 1.14. The van der Waals surface area contributed by atoms with E-state index >= 15 is 0 Å². The Morgan fingerprint density at radius 2 is 2.33 bits per heavy atom. The molecule has 34 valence electrons. The predicted molar refractivity (Wildman–Crippen MR) is 23.1 cm³/mol. The van der Waals surface area contributed by atoms with E-state index in [4.69, 9.17) is 0 Å². The summed E-state index contributed by atoms with van der Waals surface area (Å²) >= 11 is 2.75. The summed E-state index contributed by atoms with van der Waals surface area (Å²) in [7, 11) is 0. The van der Waals surface area contributed by atoms with Crippen LogP contribution in [0.15, 0.2) is 11.1 Å². The zero-order chi connectivity index (χ0) is 4.99. The molecule has 0 fully saturated rings. The lowest BCUT2D eigenvalue weighted by atomic mass is 10.7. The van der Waals surface area contributed by atoms with Crippen LogP contribution in [-0.2, 0) is 4.79 Å². The van der Waals surface area contributed by atoms with Gasteiger partial charge in [-0.05, 0) is 11.1 Å². The van der Waals surface area contributed by atoms with Crippen LogP contribution in [0.2, 0.25) is 0 Å². The van der Waals surface area contributed by atoms with Crippen LogP contribution >= 0.6 is 15.9 Å². The molecule has 0 spiro atoms. The predicted octanol–water partition coefficient (Wildman–Crippen LogP) is -0.355. The van der Waals surface area contributed by atoms with Gasteiger partial charge in [-0.3, -0.25) is 0 Å². The Morgan fingerprint density at radius 3 is 2.33 bits per heavy atom. The van der Waals surface area contributed by atoms with Gasteiger partial charge >= 0.3 is 0 Å². The van der Waals surface area contributed by atoms with Gasteiger partial charge in [-0.1, -0.05) is 15.9 Å². The first-order valence-corrected chi connectivity index (χ1v) is 2.16. The average molecular weight is 150 g/mol. The van der Waals surface area contributed by atoms with Crippen molar-refractivity contribution < 1.29 is 9.90 Å². The first-order valence-electron chi connectivity index (χ1n) is 1.25. The Bertz CT molecular complexity index is 76.9. The SMILES string of the molecule is O=C([O-])/C=C/Br. The molecule has 0 aliphatic carbocycles. The number of hydrogen-bond donors (Lipinski definition) is 0. The Morgan fingerprint density at radius 1 is 1.83 bits per heavy atom.